The number of carboxylic acids is 1. The van der Waals surface area contributed by atoms with Gasteiger partial charge in [-0.3, -0.25) is 0 Å². The number of carboxylic acid groups (broad SMARTS) is 1. The summed E-state index contributed by atoms with van der Waals surface area (Å²) < 4.78 is 1.78. The summed E-state index contributed by atoms with van der Waals surface area (Å²) in [4.78, 5) is 11.1. The van der Waals surface area contributed by atoms with Crippen molar-refractivity contribution in [2.45, 2.75) is 13.5 Å². The highest BCUT2D eigenvalue weighted by Crippen LogP contribution is 2.21. The summed E-state index contributed by atoms with van der Waals surface area (Å²) in [6, 6.07) is 5.17. The lowest BCUT2D eigenvalue weighted by molar-refractivity contribution is 0.0698. The predicted molar refractivity (Wildman–Crippen MR) is 66.5 cm³/mol. The van der Waals surface area contributed by atoms with Crippen LogP contribution in [0.1, 0.15) is 21.7 Å². The number of anilines is 1. The number of nitrogens with one attached hydrogen (secondary N) is 1. The summed E-state index contributed by atoms with van der Waals surface area (Å²) >= 11 is 0. The van der Waals surface area contributed by atoms with Crippen LogP contribution < -0.4 is 5.32 Å². The SMILES string of the molecule is Cc1cccc(C(=O)O)c1NCc1nncn1C. The molecule has 18 heavy (non-hydrogen) atoms. The van der Waals surface area contributed by atoms with Gasteiger partial charge in [-0.15, -0.1) is 10.2 Å². The van der Waals surface area contributed by atoms with E-state index in [-0.39, 0.29) is 5.56 Å². The highest BCUT2D eigenvalue weighted by Gasteiger charge is 2.12. The third-order valence-electron chi connectivity index (χ3n) is 2.73. The molecule has 1 aromatic carbocycles. The minimum Gasteiger partial charge on any atom is -0.478 e. The molecule has 6 heteroatoms. The fourth-order valence-electron chi connectivity index (χ4n) is 1.72. The second kappa shape index (κ2) is 4.87. The van der Waals surface area contributed by atoms with E-state index in [1.807, 2.05) is 20.0 Å². The Balaban J connectivity index is 2.24. The van der Waals surface area contributed by atoms with Gasteiger partial charge in [0.2, 0.25) is 0 Å². The van der Waals surface area contributed by atoms with Crippen LogP contribution in [-0.4, -0.2) is 25.8 Å². The van der Waals surface area contributed by atoms with E-state index in [4.69, 9.17) is 5.11 Å². The Morgan fingerprint density at radius 2 is 2.28 bits per heavy atom. The van der Waals surface area contributed by atoms with Crippen LogP contribution in [0.2, 0.25) is 0 Å². The summed E-state index contributed by atoms with van der Waals surface area (Å²) in [5.74, 6) is -0.200. The Bertz CT molecular complexity index is 577. The van der Waals surface area contributed by atoms with Gasteiger partial charge in [0.1, 0.15) is 6.33 Å². The number of carbonyl (C=O) groups is 1. The van der Waals surface area contributed by atoms with Crippen LogP contribution in [0.25, 0.3) is 0 Å². The second-order valence-corrected chi connectivity index (χ2v) is 4.01. The lowest BCUT2D eigenvalue weighted by atomic mass is 10.1. The van der Waals surface area contributed by atoms with Gasteiger partial charge >= 0.3 is 5.97 Å². The molecule has 2 rings (SSSR count). The third kappa shape index (κ3) is 2.32. The molecule has 0 radical (unpaired) electrons. The number of para-hydroxylation sites is 1. The maximum absolute atomic E-state index is 11.1. The third-order valence-corrected chi connectivity index (χ3v) is 2.73. The zero-order valence-electron chi connectivity index (χ0n) is 10.2. The molecule has 0 aliphatic carbocycles. The van der Waals surface area contributed by atoms with E-state index in [9.17, 15) is 4.79 Å². The average Bonchev–Trinajstić information content (AvgIpc) is 2.73. The lowest BCUT2D eigenvalue weighted by Crippen LogP contribution is -2.10. The normalized spacial score (nSPS) is 10.3. The number of hydrogen-bond donors (Lipinski definition) is 2. The second-order valence-electron chi connectivity index (χ2n) is 4.01. The number of aromatic carboxylic acids is 1. The van der Waals surface area contributed by atoms with E-state index in [1.165, 1.54) is 0 Å². The maximum atomic E-state index is 11.1. The van der Waals surface area contributed by atoms with Crippen molar-refractivity contribution in [2.24, 2.45) is 7.05 Å². The Labute approximate surface area is 104 Å². The first-order chi connectivity index (χ1) is 8.59. The Kier molecular flexibility index (Phi) is 3.27. The molecule has 0 bridgehead atoms. The first kappa shape index (κ1) is 12.1. The minimum absolute atomic E-state index is 0.261. The summed E-state index contributed by atoms with van der Waals surface area (Å²) in [5, 5.41) is 19.9. The van der Waals surface area contributed by atoms with Crippen molar-refractivity contribution in [3.05, 3.63) is 41.5 Å². The summed E-state index contributed by atoms with van der Waals surface area (Å²) in [5.41, 5.74) is 1.77. The van der Waals surface area contributed by atoms with Gasteiger partial charge in [0, 0.05) is 7.05 Å². The summed E-state index contributed by atoms with van der Waals surface area (Å²) in [6.45, 7) is 2.30. The lowest BCUT2D eigenvalue weighted by Gasteiger charge is -2.11. The Morgan fingerprint density at radius 3 is 2.89 bits per heavy atom. The number of aryl methyl sites for hydroxylation is 2. The van der Waals surface area contributed by atoms with Crippen LogP contribution in [0.3, 0.4) is 0 Å². The van der Waals surface area contributed by atoms with Gasteiger partial charge in [-0.05, 0) is 18.6 Å². The first-order valence-corrected chi connectivity index (χ1v) is 5.49. The molecule has 94 valence electrons. The predicted octanol–water partition coefficient (Wildman–Crippen LogP) is 1.43. The molecule has 0 saturated heterocycles. The maximum Gasteiger partial charge on any atom is 0.337 e. The Morgan fingerprint density at radius 1 is 1.50 bits per heavy atom. The molecule has 1 aromatic heterocycles. The van der Waals surface area contributed by atoms with Gasteiger partial charge in [-0.1, -0.05) is 12.1 Å². The largest absolute Gasteiger partial charge is 0.478 e. The van der Waals surface area contributed by atoms with Gasteiger partial charge in [-0.2, -0.15) is 0 Å². The van der Waals surface area contributed by atoms with Gasteiger partial charge < -0.3 is 15.0 Å². The minimum atomic E-state index is -0.945. The van der Waals surface area contributed by atoms with Gasteiger partial charge in [0.15, 0.2) is 5.82 Å². The van der Waals surface area contributed by atoms with Gasteiger partial charge in [0.25, 0.3) is 0 Å². The van der Waals surface area contributed by atoms with E-state index in [0.29, 0.717) is 12.2 Å². The van der Waals surface area contributed by atoms with Crippen molar-refractivity contribution in [3.8, 4) is 0 Å². The van der Waals surface area contributed by atoms with Gasteiger partial charge in [-0.25, -0.2) is 4.79 Å². The molecule has 2 N–H and O–H groups in total. The van der Waals surface area contributed by atoms with Crippen molar-refractivity contribution in [1.29, 1.82) is 0 Å². The molecule has 0 unspecified atom stereocenters. The van der Waals surface area contributed by atoms with Crippen molar-refractivity contribution < 1.29 is 9.90 Å². The van der Waals surface area contributed by atoms with E-state index in [2.05, 4.69) is 15.5 Å². The first-order valence-electron chi connectivity index (χ1n) is 5.49. The van der Waals surface area contributed by atoms with E-state index >= 15 is 0 Å². The van der Waals surface area contributed by atoms with Crippen molar-refractivity contribution in [1.82, 2.24) is 14.8 Å². The summed E-state index contributed by atoms with van der Waals surface area (Å²) in [6.07, 6.45) is 1.60. The van der Waals surface area contributed by atoms with Crippen LogP contribution in [0.5, 0.6) is 0 Å². The topological polar surface area (TPSA) is 80.0 Å². The molecule has 6 nitrogen and oxygen atoms in total. The quantitative estimate of drug-likeness (QED) is 0.853. The molecule has 0 fully saturated rings. The highest BCUT2D eigenvalue weighted by atomic mass is 16.4. The molecule has 0 aliphatic heterocycles. The van der Waals surface area contributed by atoms with E-state index in [1.54, 1.807) is 23.0 Å². The number of rotatable bonds is 4. The summed E-state index contributed by atoms with van der Waals surface area (Å²) in [7, 11) is 1.84. The zero-order valence-corrected chi connectivity index (χ0v) is 10.2. The number of nitrogens with zero attached hydrogens (tertiary/aromatic N) is 3. The van der Waals surface area contributed by atoms with Crippen molar-refractivity contribution >= 4 is 11.7 Å². The zero-order chi connectivity index (χ0) is 13.1. The molecule has 0 amide bonds. The molecule has 0 spiro atoms. The molecule has 0 saturated carbocycles. The number of hydrogen-bond acceptors (Lipinski definition) is 4. The fraction of sp³-hybridized carbons (Fsp3) is 0.250. The van der Waals surface area contributed by atoms with Crippen LogP contribution >= 0.6 is 0 Å². The van der Waals surface area contributed by atoms with E-state index in [0.717, 1.165) is 11.4 Å². The molecule has 1 heterocycles. The van der Waals surface area contributed by atoms with Crippen molar-refractivity contribution in [2.75, 3.05) is 5.32 Å². The van der Waals surface area contributed by atoms with E-state index < -0.39 is 5.97 Å². The van der Waals surface area contributed by atoms with Crippen LogP contribution in [0.15, 0.2) is 24.5 Å². The van der Waals surface area contributed by atoms with Crippen LogP contribution in [-0.2, 0) is 13.6 Å². The van der Waals surface area contributed by atoms with Crippen LogP contribution in [0, 0.1) is 6.92 Å². The standard InChI is InChI=1S/C12H14N4O2/c1-8-4-3-5-9(12(17)18)11(8)13-6-10-15-14-7-16(10)2/h3-5,7,13H,6H2,1-2H3,(H,17,18). The smallest absolute Gasteiger partial charge is 0.337 e. The molecule has 0 aliphatic rings. The molecular formula is C12H14N4O2. The van der Waals surface area contributed by atoms with Crippen LogP contribution in [0.4, 0.5) is 5.69 Å². The molecular weight excluding hydrogens is 232 g/mol. The van der Waals surface area contributed by atoms with Gasteiger partial charge in [0.05, 0.1) is 17.8 Å². The highest BCUT2D eigenvalue weighted by molar-refractivity contribution is 5.95. The number of aromatic nitrogens is 3. The molecule has 0 atom stereocenters. The molecule has 2 aromatic rings. The average molecular weight is 246 g/mol. The Hall–Kier alpha value is -2.37. The monoisotopic (exact) mass is 246 g/mol. The van der Waals surface area contributed by atoms with Crippen molar-refractivity contribution in [3.63, 3.8) is 0 Å². The number of benzene rings is 1. The fourth-order valence-corrected chi connectivity index (χ4v) is 1.72.